The molecule has 3 heterocycles. The first-order valence-electron chi connectivity index (χ1n) is 6.61. The summed E-state index contributed by atoms with van der Waals surface area (Å²) in [4.78, 5) is 15.9. The van der Waals surface area contributed by atoms with Crippen molar-refractivity contribution < 1.29 is 4.79 Å². The van der Waals surface area contributed by atoms with Crippen LogP contribution in [-0.2, 0) is 4.79 Å². The Labute approximate surface area is 110 Å². The Balaban J connectivity index is 1.84. The summed E-state index contributed by atoms with van der Waals surface area (Å²) in [6.07, 6.45) is 6.46. The summed E-state index contributed by atoms with van der Waals surface area (Å²) in [6, 6.07) is 3.97. The predicted molar refractivity (Wildman–Crippen MR) is 69.9 cm³/mol. The average molecular weight is 254 g/mol. The van der Waals surface area contributed by atoms with Gasteiger partial charge in [-0.1, -0.05) is 0 Å². The van der Waals surface area contributed by atoms with Crippen molar-refractivity contribution in [1.82, 2.24) is 15.2 Å². The van der Waals surface area contributed by atoms with Crippen LogP contribution in [0.2, 0.25) is 0 Å². The average Bonchev–Trinajstić information content (AvgIpc) is 3.19. The van der Waals surface area contributed by atoms with Crippen LogP contribution < -0.4 is 5.32 Å². The summed E-state index contributed by atoms with van der Waals surface area (Å²) in [6.45, 7) is 0. The van der Waals surface area contributed by atoms with Crippen molar-refractivity contribution in [2.24, 2.45) is 0 Å². The Morgan fingerprint density at radius 3 is 2.74 bits per heavy atom. The number of H-pyrrole nitrogens is 1. The van der Waals surface area contributed by atoms with E-state index in [1.807, 2.05) is 12.1 Å². The first-order valence-corrected chi connectivity index (χ1v) is 6.61. The summed E-state index contributed by atoms with van der Waals surface area (Å²) < 4.78 is 0. The molecule has 2 aliphatic rings. The van der Waals surface area contributed by atoms with Gasteiger partial charge in [-0.2, -0.15) is 5.10 Å². The van der Waals surface area contributed by atoms with Gasteiger partial charge < -0.3 is 5.32 Å². The van der Waals surface area contributed by atoms with Crippen LogP contribution in [0.4, 0.5) is 5.82 Å². The van der Waals surface area contributed by atoms with E-state index in [1.54, 1.807) is 12.4 Å². The molecule has 0 spiro atoms. The van der Waals surface area contributed by atoms with E-state index in [9.17, 15) is 4.79 Å². The lowest BCUT2D eigenvalue weighted by atomic mass is 9.85. The Morgan fingerprint density at radius 2 is 2.00 bits per heavy atom. The van der Waals surface area contributed by atoms with Crippen molar-refractivity contribution in [3.63, 3.8) is 0 Å². The van der Waals surface area contributed by atoms with Crippen LogP contribution in [0.25, 0.3) is 0 Å². The lowest BCUT2D eigenvalue weighted by Gasteiger charge is -2.23. The molecule has 0 aromatic carbocycles. The van der Waals surface area contributed by atoms with Crippen LogP contribution in [-0.4, -0.2) is 21.1 Å². The largest absolute Gasteiger partial charge is 0.309 e. The summed E-state index contributed by atoms with van der Waals surface area (Å²) in [7, 11) is 0. The van der Waals surface area contributed by atoms with Gasteiger partial charge in [0.25, 0.3) is 0 Å². The van der Waals surface area contributed by atoms with Gasteiger partial charge in [0.1, 0.15) is 0 Å². The molecule has 19 heavy (non-hydrogen) atoms. The monoisotopic (exact) mass is 254 g/mol. The van der Waals surface area contributed by atoms with E-state index in [1.165, 1.54) is 24.1 Å². The molecule has 5 heteroatoms. The summed E-state index contributed by atoms with van der Waals surface area (Å²) in [5, 5.41) is 10.3. The molecule has 0 saturated heterocycles. The highest BCUT2D eigenvalue weighted by Crippen LogP contribution is 2.47. The third kappa shape index (κ3) is 1.73. The van der Waals surface area contributed by atoms with Crippen LogP contribution in [0.15, 0.2) is 24.5 Å². The quantitative estimate of drug-likeness (QED) is 0.862. The fourth-order valence-electron chi connectivity index (χ4n) is 2.85. The molecule has 2 aromatic heterocycles. The molecule has 0 bridgehead atoms. The number of hydrogen-bond donors (Lipinski definition) is 2. The molecular formula is C14H14N4O. The van der Waals surface area contributed by atoms with Crippen molar-refractivity contribution >= 4 is 11.7 Å². The number of pyridine rings is 1. The Bertz CT molecular complexity index is 630. The minimum Gasteiger partial charge on any atom is -0.309 e. The van der Waals surface area contributed by atoms with Gasteiger partial charge in [-0.25, -0.2) is 0 Å². The number of fused-ring (bicyclic) bond motifs is 1. The van der Waals surface area contributed by atoms with Gasteiger partial charge in [0.05, 0.1) is 0 Å². The van der Waals surface area contributed by atoms with E-state index < -0.39 is 0 Å². The summed E-state index contributed by atoms with van der Waals surface area (Å²) in [5.74, 6) is 1.43. The SMILES string of the molecule is O=C1CC(c2ccncc2)c2c(n[nH]c2C2CC2)N1. The molecule has 1 aliphatic heterocycles. The van der Waals surface area contributed by atoms with Gasteiger partial charge in [0.15, 0.2) is 5.82 Å². The van der Waals surface area contributed by atoms with E-state index >= 15 is 0 Å². The molecule has 1 saturated carbocycles. The second kappa shape index (κ2) is 3.91. The lowest BCUT2D eigenvalue weighted by molar-refractivity contribution is -0.116. The van der Waals surface area contributed by atoms with Gasteiger partial charge in [-0.05, 0) is 30.5 Å². The molecule has 96 valence electrons. The molecule has 1 aliphatic carbocycles. The fraction of sp³-hybridized carbons (Fsp3) is 0.357. The van der Waals surface area contributed by atoms with Crippen molar-refractivity contribution in [3.05, 3.63) is 41.3 Å². The lowest BCUT2D eigenvalue weighted by Crippen LogP contribution is -2.23. The molecule has 4 rings (SSSR count). The highest BCUT2D eigenvalue weighted by molar-refractivity contribution is 5.94. The Kier molecular flexibility index (Phi) is 2.21. The molecule has 0 radical (unpaired) electrons. The van der Waals surface area contributed by atoms with Crippen molar-refractivity contribution in [3.8, 4) is 0 Å². The molecule has 2 N–H and O–H groups in total. The highest BCUT2D eigenvalue weighted by atomic mass is 16.1. The second-order valence-electron chi connectivity index (χ2n) is 5.26. The third-order valence-electron chi connectivity index (χ3n) is 3.92. The number of nitrogens with zero attached hydrogens (tertiary/aromatic N) is 2. The highest BCUT2D eigenvalue weighted by Gasteiger charge is 2.36. The van der Waals surface area contributed by atoms with E-state index in [0.717, 1.165) is 5.56 Å². The second-order valence-corrected chi connectivity index (χ2v) is 5.26. The topological polar surface area (TPSA) is 70.7 Å². The van der Waals surface area contributed by atoms with Crippen molar-refractivity contribution in [2.75, 3.05) is 5.32 Å². The molecule has 1 unspecified atom stereocenters. The molecule has 5 nitrogen and oxygen atoms in total. The normalized spacial score (nSPS) is 21.9. The number of nitrogens with one attached hydrogen (secondary N) is 2. The Hall–Kier alpha value is -2.17. The first kappa shape index (κ1) is 10.7. The smallest absolute Gasteiger partial charge is 0.226 e. The van der Waals surface area contributed by atoms with Gasteiger partial charge >= 0.3 is 0 Å². The van der Waals surface area contributed by atoms with E-state index in [0.29, 0.717) is 18.2 Å². The van der Waals surface area contributed by atoms with Gasteiger partial charge in [-0.15, -0.1) is 0 Å². The third-order valence-corrected chi connectivity index (χ3v) is 3.92. The zero-order valence-corrected chi connectivity index (χ0v) is 10.4. The van der Waals surface area contributed by atoms with Gasteiger partial charge in [-0.3, -0.25) is 14.9 Å². The Morgan fingerprint density at radius 1 is 1.21 bits per heavy atom. The first-order chi connectivity index (χ1) is 9.33. The number of carbonyl (C=O) groups excluding carboxylic acids is 1. The number of aromatic amines is 1. The molecule has 1 amide bonds. The zero-order valence-electron chi connectivity index (χ0n) is 10.4. The molecular weight excluding hydrogens is 240 g/mol. The van der Waals surface area contributed by atoms with Crippen LogP contribution in [0.5, 0.6) is 0 Å². The summed E-state index contributed by atoms with van der Waals surface area (Å²) in [5.41, 5.74) is 3.51. The standard InChI is InChI=1S/C14H14N4O/c19-11-7-10(8-3-5-15-6-4-8)12-13(9-1-2-9)17-18-14(12)16-11/h3-6,9-10H,1-2,7H2,(H2,16,17,18,19). The van der Waals surface area contributed by atoms with Crippen molar-refractivity contribution in [1.29, 1.82) is 0 Å². The number of carbonyl (C=O) groups is 1. The maximum Gasteiger partial charge on any atom is 0.226 e. The number of aromatic nitrogens is 3. The minimum absolute atomic E-state index is 0.0307. The number of amides is 1. The van der Waals surface area contributed by atoms with Crippen LogP contribution >= 0.6 is 0 Å². The zero-order chi connectivity index (χ0) is 12.8. The number of hydrogen-bond acceptors (Lipinski definition) is 3. The van der Waals surface area contributed by atoms with E-state index in [-0.39, 0.29) is 11.8 Å². The van der Waals surface area contributed by atoms with E-state index in [2.05, 4.69) is 20.5 Å². The fourth-order valence-corrected chi connectivity index (χ4v) is 2.85. The van der Waals surface area contributed by atoms with Crippen molar-refractivity contribution in [2.45, 2.75) is 31.1 Å². The molecule has 1 atom stereocenters. The van der Waals surface area contributed by atoms with Crippen LogP contribution in [0.3, 0.4) is 0 Å². The van der Waals surface area contributed by atoms with E-state index in [4.69, 9.17) is 0 Å². The van der Waals surface area contributed by atoms with Crippen LogP contribution in [0, 0.1) is 0 Å². The van der Waals surface area contributed by atoms with Gasteiger partial charge in [0, 0.05) is 41.9 Å². The van der Waals surface area contributed by atoms with Gasteiger partial charge in [0.2, 0.25) is 5.91 Å². The maximum absolute atomic E-state index is 11.8. The summed E-state index contributed by atoms with van der Waals surface area (Å²) >= 11 is 0. The molecule has 1 fully saturated rings. The molecule has 2 aromatic rings. The minimum atomic E-state index is 0.0307. The van der Waals surface area contributed by atoms with Crippen LogP contribution in [0.1, 0.15) is 47.9 Å². The number of anilines is 1. The predicted octanol–water partition coefficient (Wildman–Crippen LogP) is 2.16. The maximum atomic E-state index is 11.8. The number of rotatable bonds is 2.